The maximum Gasteiger partial charge on any atom is 0.387 e. The number of halogens is 2. The van der Waals surface area contributed by atoms with Crippen molar-refractivity contribution in [3.05, 3.63) is 28.8 Å². The van der Waals surface area contributed by atoms with Crippen LogP contribution in [0.1, 0.15) is 30.0 Å². The standard InChI is InChI=1S/C13H17F2NO/c1-4-7-16-8-11-9(2)5-6-10(3)12(11)17-13(14)15/h5-6,8,13H,4,7H2,1-3H3. The number of benzene rings is 1. The molecule has 0 N–H and O–H groups in total. The van der Waals surface area contributed by atoms with Crippen molar-refractivity contribution in [2.75, 3.05) is 6.54 Å². The van der Waals surface area contributed by atoms with E-state index in [9.17, 15) is 8.78 Å². The van der Waals surface area contributed by atoms with Gasteiger partial charge in [0.15, 0.2) is 0 Å². The average molecular weight is 241 g/mol. The molecule has 2 nitrogen and oxygen atoms in total. The largest absolute Gasteiger partial charge is 0.434 e. The Balaban J connectivity index is 3.10. The van der Waals surface area contributed by atoms with Gasteiger partial charge in [-0.05, 0) is 31.4 Å². The number of aryl methyl sites for hydroxylation is 2. The van der Waals surface area contributed by atoms with Crippen LogP contribution < -0.4 is 4.74 Å². The van der Waals surface area contributed by atoms with Gasteiger partial charge in [-0.2, -0.15) is 8.78 Å². The van der Waals surface area contributed by atoms with E-state index in [-0.39, 0.29) is 5.75 Å². The Labute approximate surface area is 100 Å². The normalized spacial score (nSPS) is 11.4. The summed E-state index contributed by atoms with van der Waals surface area (Å²) >= 11 is 0. The van der Waals surface area contributed by atoms with Crippen LogP contribution in [0, 0.1) is 13.8 Å². The third-order valence-electron chi connectivity index (χ3n) is 2.39. The van der Waals surface area contributed by atoms with Gasteiger partial charge in [-0.15, -0.1) is 0 Å². The molecule has 0 aliphatic carbocycles. The van der Waals surface area contributed by atoms with Crippen molar-refractivity contribution in [1.29, 1.82) is 0 Å². The third-order valence-corrected chi connectivity index (χ3v) is 2.39. The van der Waals surface area contributed by atoms with Gasteiger partial charge in [-0.25, -0.2) is 0 Å². The van der Waals surface area contributed by atoms with Gasteiger partial charge < -0.3 is 4.74 Å². The van der Waals surface area contributed by atoms with Gasteiger partial charge in [0.1, 0.15) is 5.75 Å². The highest BCUT2D eigenvalue weighted by atomic mass is 19.3. The van der Waals surface area contributed by atoms with Crippen LogP contribution in [0.15, 0.2) is 17.1 Å². The molecule has 0 radical (unpaired) electrons. The van der Waals surface area contributed by atoms with Crippen LogP contribution in [0.2, 0.25) is 0 Å². The molecule has 1 aromatic carbocycles. The molecular weight excluding hydrogens is 224 g/mol. The van der Waals surface area contributed by atoms with E-state index in [1.165, 1.54) is 0 Å². The zero-order chi connectivity index (χ0) is 12.8. The van der Waals surface area contributed by atoms with E-state index in [4.69, 9.17) is 0 Å². The second-order valence-electron chi connectivity index (χ2n) is 3.86. The van der Waals surface area contributed by atoms with Crippen molar-refractivity contribution in [1.82, 2.24) is 0 Å². The van der Waals surface area contributed by atoms with Gasteiger partial charge in [0.25, 0.3) is 0 Å². The fraction of sp³-hybridized carbons (Fsp3) is 0.462. The second kappa shape index (κ2) is 6.33. The molecule has 0 aromatic heterocycles. The summed E-state index contributed by atoms with van der Waals surface area (Å²) in [4.78, 5) is 4.18. The van der Waals surface area contributed by atoms with Crippen LogP contribution in [-0.4, -0.2) is 19.4 Å². The van der Waals surface area contributed by atoms with Crippen LogP contribution in [-0.2, 0) is 0 Å². The monoisotopic (exact) mass is 241 g/mol. The summed E-state index contributed by atoms with van der Waals surface area (Å²) in [5.74, 6) is 0.222. The van der Waals surface area contributed by atoms with Gasteiger partial charge in [-0.1, -0.05) is 19.1 Å². The molecule has 0 amide bonds. The summed E-state index contributed by atoms with van der Waals surface area (Å²) in [7, 11) is 0. The first-order valence-electron chi connectivity index (χ1n) is 5.61. The summed E-state index contributed by atoms with van der Waals surface area (Å²) in [6, 6.07) is 3.64. The number of hydrogen-bond acceptors (Lipinski definition) is 2. The molecule has 0 fully saturated rings. The SMILES string of the molecule is CCCN=Cc1c(C)ccc(C)c1OC(F)F. The van der Waals surface area contributed by atoms with Crippen LogP contribution in [0.5, 0.6) is 5.75 Å². The molecule has 4 heteroatoms. The van der Waals surface area contributed by atoms with Crippen molar-refractivity contribution < 1.29 is 13.5 Å². The van der Waals surface area contributed by atoms with E-state index >= 15 is 0 Å². The zero-order valence-corrected chi connectivity index (χ0v) is 10.3. The molecule has 0 saturated carbocycles. The van der Waals surface area contributed by atoms with Gasteiger partial charge >= 0.3 is 6.61 Å². The molecule has 1 rings (SSSR count). The lowest BCUT2D eigenvalue weighted by atomic mass is 10.0. The Bertz CT molecular complexity index is 403. The highest BCUT2D eigenvalue weighted by Gasteiger charge is 2.13. The molecule has 0 bridgehead atoms. The summed E-state index contributed by atoms with van der Waals surface area (Å²) in [6.45, 7) is 3.48. The summed E-state index contributed by atoms with van der Waals surface area (Å²) in [5, 5.41) is 0. The Kier molecular flexibility index (Phi) is 5.07. The first-order chi connectivity index (χ1) is 8.06. The lowest BCUT2D eigenvalue weighted by Gasteiger charge is -2.13. The Morgan fingerprint density at radius 1 is 1.29 bits per heavy atom. The van der Waals surface area contributed by atoms with E-state index in [0.717, 1.165) is 12.0 Å². The molecule has 0 heterocycles. The molecule has 0 unspecified atom stereocenters. The van der Waals surface area contributed by atoms with E-state index in [2.05, 4.69) is 9.73 Å². The van der Waals surface area contributed by atoms with Crippen molar-refractivity contribution >= 4 is 6.21 Å². The molecule has 94 valence electrons. The number of alkyl halides is 2. The number of rotatable bonds is 5. The van der Waals surface area contributed by atoms with Gasteiger partial charge in [0.2, 0.25) is 0 Å². The Morgan fingerprint density at radius 3 is 2.53 bits per heavy atom. The number of ether oxygens (including phenoxy) is 1. The minimum absolute atomic E-state index is 0.222. The molecule has 0 aliphatic rings. The third kappa shape index (κ3) is 3.80. The highest BCUT2D eigenvalue weighted by Crippen LogP contribution is 2.26. The predicted molar refractivity (Wildman–Crippen MR) is 65.3 cm³/mol. The maximum atomic E-state index is 12.3. The molecule has 1 aromatic rings. The summed E-state index contributed by atoms with van der Waals surface area (Å²) in [5.41, 5.74) is 2.21. The fourth-order valence-electron chi connectivity index (χ4n) is 1.50. The maximum absolute atomic E-state index is 12.3. The fourth-order valence-corrected chi connectivity index (χ4v) is 1.50. The lowest BCUT2D eigenvalue weighted by Crippen LogP contribution is -2.07. The van der Waals surface area contributed by atoms with Crippen LogP contribution in [0.3, 0.4) is 0 Å². The van der Waals surface area contributed by atoms with E-state index in [1.807, 2.05) is 19.9 Å². The zero-order valence-electron chi connectivity index (χ0n) is 10.3. The summed E-state index contributed by atoms with van der Waals surface area (Å²) < 4.78 is 29.2. The lowest BCUT2D eigenvalue weighted by molar-refractivity contribution is -0.0504. The highest BCUT2D eigenvalue weighted by molar-refractivity contribution is 5.86. The summed E-state index contributed by atoms with van der Waals surface area (Å²) in [6.07, 6.45) is 2.54. The quantitative estimate of drug-likeness (QED) is 0.720. The van der Waals surface area contributed by atoms with Crippen molar-refractivity contribution in [3.8, 4) is 5.75 Å². The molecule has 0 saturated heterocycles. The predicted octanol–water partition coefficient (Wildman–Crippen LogP) is 3.73. The first kappa shape index (κ1) is 13.6. The second-order valence-corrected chi connectivity index (χ2v) is 3.86. The molecule has 0 atom stereocenters. The number of aliphatic imine (C=N–C) groups is 1. The number of nitrogens with zero attached hydrogens (tertiary/aromatic N) is 1. The van der Waals surface area contributed by atoms with Crippen LogP contribution in [0.4, 0.5) is 8.78 Å². The average Bonchev–Trinajstić information content (AvgIpc) is 2.27. The van der Waals surface area contributed by atoms with Crippen LogP contribution >= 0.6 is 0 Å². The van der Waals surface area contributed by atoms with E-state index in [1.54, 1.807) is 19.2 Å². The van der Waals surface area contributed by atoms with Crippen molar-refractivity contribution in [2.45, 2.75) is 33.8 Å². The molecule has 17 heavy (non-hydrogen) atoms. The van der Waals surface area contributed by atoms with Crippen LogP contribution in [0.25, 0.3) is 0 Å². The molecule has 0 aliphatic heterocycles. The topological polar surface area (TPSA) is 21.6 Å². The van der Waals surface area contributed by atoms with Gasteiger partial charge in [0.05, 0.1) is 0 Å². The Hall–Kier alpha value is -1.45. The minimum Gasteiger partial charge on any atom is -0.434 e. The minimum atomic E-state index is -2.81. The van der Waals surface area contributed by atoms with Crippen molar-refractivity contribution in [3.63, 3.8) is 0 Å². The van der Waals surface area contributed by atoms with E-state index in [0.29, 0.717) is 17.7 Å². The van der Waals surface area contributed by atoms with Crippen molar-refractivity contribution in [2.24, 2.45) is 4.99 Å². The van der Waals surface area contributed by atoms with E-state index < -0.39 is 6.61 Å². The molecular formula is C13H17F2NO. The van der Waals surface area contributed by atoms with Gasteiger partial charge in [0, 0.05) is 18.3 Å². The Morgan fingerprint density at radius 2 is 1.94 bits per heavy atom. The molecule has 0 spiro atoms. The number of hydrogen-bond donors (Lipinski definition) is 0. The first-order valence-corrected chi connectivity index (χ1v) is 5.61. The smallest absolute Gasteiger partial charge is 0.387 e. The van der Waals surface area contributed by atoms with Gasteiger partial charge in [-0.3, -0.25) is 4.99 Å².